The van der Waals surface area contributed by atoms with Gasteiger partial charge in [-0.1, -0.05) is 0 Å². The monoisotopic (exact) mass is 420 g/mol. The SMILES string of the molecule is Cc1cc(C)n(CC(=O)Nc2ccc(S(=O)(=O)N3CC[NH+](C)CC3)cc2)c(=O)n1. The highest BCUT2D eigenvalue weighted by atomic mass is 32.2. The Balaban J connectivity index is 1.68. The minimum absolute atomic E-state index is 0.165. The molecule has 0 bridgehead atoms. The fourth-order valence-corrected chi connectivity index (χ4v) is 4.72. The smallest absolute Gasteiger partial charge is 0.335 e. The summed E-state index contributed by atoms with van der Waals surface area (Å²) in [5, 5.41) is 2.69. The van der Waals surface area contributed by atoms with E-state index in [4.69, 9.17) is 0 Å². The van der Waals surface area contributed by atoms with E-state index < -0.39 is 21.6 Å². The number of carbonyl (C=O) groups excluding carboxylic acids is 1. The van der Waals surface area contributed by atoms with Gasteiger partial charge in [0.25, 0.3) is 0 Å². The lowest BCUT2D eigenvalue weighted by molar-refractivity contribution is -0.883. The number of nitrogens with zero attached hydrogens (tertiary/aromatic N) is 3. The molecule has 0 atom stereocenters. The maximum Gasteiger partial charge on any atom is 0.348 e. The van der Waals surface area contributed by atoms with Gasteiger partial charge < -0.3 is 10.2 Å². The largest absolute Gasteiger partial charge is 0.348 e. The first kappa shape index (κ1) is 21.2. The summed E-state index contributed by atoms with van der Waals surface area (Å²) in [5.74, 6) is -0.390. The minimum atomic E-state index is -3.54. The van der Waals surface area contributed by atoms with Gasteiger partial charge in [-0.2, -0.15) is 9.29 Å². The topological polar surface area (TPSA) is 106 Å². The van der Waals surface area contributed by atoms with Crippen LogP contribution in [0.25, 0.3) is 0 Å². The van der Waals surface area contributed by atoms with Crippen molar-refractivity contribution in [3.05, 3.63) is 52.2 Å². The molecule has 1 aromatic heterocycles. The zero-order chi connectivity index (χ0) is 21.2. The predicted molar refractivity (Wildman–Crippen MR) is 108 cm³/mol. The van der Waals surface area contributed by atoms with Gasteiger partial charge in [0, 0.05) is 17.1 Å². The summed E-state index contributed by atoms with van der Waals surface area (Å²) in [4.78, 5) is 29.6. The standard InChI is InChI=1S/C19H25N5O4S/c1-14-12-15(2)24(19(26)20-14)13-18(25)21-16-4-6-17(7-5-16)29(27,28)23-10-8-22(3)9-11-23/h4-7,12H,8-11,13H2,1-3H3,(H,21,25)/p+1. The van der Waals surface area contributed by atoms with Crippen LogP contribution in [0.5, 0.6) is 0 Å². The second kappa shape index (κ2) is 8.44. The van der Waals surface area contributed by atoms with Crippen LogP contribution in [0.1, 0.15) is 11.4 Å². The third-order valence-electron chi connectivity index (χ3n) is 5.00. The molecule has 10 heteroatoms. The second-order valence-electron chi connectivity index (χ2n) is 7.34. The number of aryl methyl sites for hydroxylation is 2. The van der Waals surface area contributed by atoms with Crippen molar-refractivity contribution in [2.45, 2.75) is 25.3 Å². The molecule has 2 N–H and O–H groups in total. The number of amides is 1. The molecule has 1 aliphatic heterocycles. The summed E-state index contributed by atoms with van der Waals surface area (Å²) in [5.41, 5.74) is 1.23. The number of carbonyl (C=O) groups is 1. The molecular weight excluding hydrogens is 394 g/mol. The normalized spacial score (nSPS) is 16.0. The Morgan fingerprint density at radius 2 is 1.79 bits per heavy atom. The van der Waals surface area contributed by atoms with Crippen LogP contribution in [0.15, 0.2) is 40.0 Å². The Hall–Kier alpha value is -2.56. The highest BCUT2D eigenvalue weighted by molar-refractivity contribution is 7.89. The van der Waals surface area contributed by atoms with Crippen molar-refractivity contribution in [3.63, 3.8) is 0 Å². The lowest BCUT2D eigenvalue weighted by Gasteiger charge is -2.29. The maximum absolute atomic E-state index is 12.8. The van der Waals surface area contributed by atoms with E-state index in [1.807, 2.05) is 7.05 Å². The van der Waals surface area contributed by atoms with E-state index in [1.54, 1.807) is 32.0 Å². The van der Waals surface area contributed by atoms with Crippen LogP contribution in [0.3, 0.4) is 0 Å². The summed E-state index contributed by atoms with van der Waals surface area (Å²) in [7, 11) is -1.50. The zero-order valence-corrected chi connectivity index (χ0v) is 17.6. The van der Waals surface area contributed by atoms with Gasteiger partial charge in [0.2, 0.25) is 15.9 Å². The first-order valence-corrected chi connectivity index (χ1v) is 10.9. The first-order chi connectivity index (χ1) is 13.7. The van der Waals surface area contributed by atoms with E-state index in [2.05, 4.69) is 10.3 Å². The lowest BCUT2D eigenvalue weighted by atomic mass is 10.3. The van der Waals surface area contributed by atoms with Gasteiger partial charge in [-0.3, -0.25) is 9.36 Å². The summed E-state index contributed by atoms with van der Waals surface area (Å²) < 4.78 is 28.3. The van der Waals surface area contributed by atoms with E-state index in [-0.39, 0.29) is 11.4 Å². The molecule has 0 unspecified atom stereocenters. The average Bonchev–Trinajstić information content (AvgIpc) is 2.65. The molecule has 9 nitrogen and oxygen atoms in total. The van der Waals surface area contributed by atoms with E-state index in [1.165, 1.54) is 25.9 Å². The zero-order valence-electron chi connectivity index (χ0n) is 16.8. The van der Waals surface area contributed by atoms with Gasteiger partial charge in [0.15, 0.2) is 0 Å². The van der Waals surface area contributed by atoms with Crippen LogP contribution in [-0.4, -0.2) is 61.4 Å². The molecule has 156 valence electrons. The van der Waals surface area contributed by atoms with Crippen molar-refractivity contribution in [2.24, 2.45) is 0 Å². The van der Waals surface area contributed by atoms with Crippen molar-refractivity contribution < 1.29 is 18.1 Å². The van der Waals surface area contributed by atoms with Crippen LogP contribution in [-0.2, 0) is 21.4 Å². The summed E-state index contributed by atoms with van der Waals surface area (Å²) in [6.45, 7) is 5.83. The average molecular weight is 421 g/mol. The van der Waals surface area contributed by atoms with Crippen molar-refractivity contribution in [2.75, 3.05) is 38.5 Å². The molecule has 0 saturated carbocycles. The molecule has 0 radical (unpaired) electrons. The number of benzene rings is 1. The number of sulfonamides is 1. The number of aromatic nitrogens is 2. The Kier molecular flexibility index (Phi) is 6.15. The van der Waals surface area contributed by atoms with Gasteiger partial charge in [0.1, 0.15) is 6.54 Å². The number of piperazine rings is 1. The van der Waals surface area contributed by atoms with Crippen LogP contribution < -0.4 is 15.9 Å². The van der Waals surface area contributed by atoms with E-state index in [0.29, 0.717) is 30.2 Å². The van der Waals surface area contributed by atoms with Gasteiger partial charge in [-0.25, -0.2) is 13.2 Å². The summed E-state index contributed by atoms with van der Waals surface area (Å²) >= 11 is 0. The number of hydrogen-bond acceptors (Lipinski definition) is 5. The van der Waals surface area contributed by atoms with Crippen molar-refractivity contribution in [1.82, 2.24) is 13.9 Å². The Labute approximate surface area is 170 Å². The van der Waals surface area contributed by atoms with Crippen molar-refractivity contribution in [3.8, 4) is 0 Å². The summed E-state index contributed by atoms with van der Waals surface area (Å²) in [6.07, 6.45) is 0. The first-order valence-electron chi connectivity index (χ1n) is 9.43. The highest BCUT2D eigenvalue weighted by Gasteiger charge is 2.29. The lowest BCUT2D eigenvalue weighted by Crippen LogP contribution is -3.12. The third kappa shape index (κ3) is 4.89. The molecule has 1 amide bonds. The van der Waals surface area contributed by atoms with Gasteiger partial charge in [-0.15, -0.1) is 0 Å². The number of quaternary nitrogens is 1. The van der Waals surface area contributed by atoms with Gasteiger partial charge >= 0.3 is 5.69 Å². The van der Waals surface area contributed by atoms with Crippen LogP contribution in [0.4, 0.5) is 5.69 Å². The molecule has 1 aliphatic rings. The van der Waals surface area contributed by atoms with Crippen LogP contribution >= 0.6 is 0 Å². The molecule has 1 aromatic carbocycles. The Morgan fingerprint density at radius 3 is 2.38 bits per heavy atom. The van der Waals surface area contributed by atoms with E-state index in [9.17, 15) is 18.0 Å². The van der Waals surface area contributed by atoms with E-state index in [0.717, 1.165) is 13.1 Å². The van der Waals surface area contributed by atoms with Crippen LogP contribution in [0, 0.1) is 13.8 Å². The fourth-order valence-electron chi connectivity index (χ4n) is 3.28. The molecule has 2 aromatic rings. The third-order valence-corrected chi connectivity index (χ3v) is 6.91. The van der Waals surface area contributed by atoms with Crippen LogP contribution in [0.2, 0.25) is 0 Å². The maximum atomic E-state index is 12.8. The second-order valence-corrected chi connectivity index (χ2v) is 9.28. The Bertz CT molecular complexity index is 1050. The molecule has 3 rings (SSSR count). The predicted octanol–water partition coefficient (Wildman–Crippen LogP) is -0.982. The van der Waals surface area contributed by atoms with Gasteiger partial charge in [0.05, 0.1) is 38.1 Å². The number of nitrogens with one attached hydrogen (secondary N) is 2. The van der Waals surface area contributed by atoms with E-state index >= 15 is 0 Å². The molecular formula is C19H26N5O4S+. The minimum Gasteiger partial charge on any atom is -0.335 e. The van der Waals surface area contributed by atoms with Gasteiger partial charge in [-0.05, 0) is 44.2 Å². The summed E-state index contributed by atoms with van der Waals surface area (Å²) in [6, 6.07) is 7.81. The number of rotatable bonds is 5. The quantitative estimate of drug-likeness (QED) is 0.647. The number of likely N-dealkylation sites (N-methyl/N-ethyl adjacent to an activating group) is 1. The molecule has 1 fully saturated rings. The highest BCUT2D eigenvalue weighted by Crippen LogP contribution is 2.18. The molecule has 1 saturated heterocycles. The molecule has 2 heterocycles. The van der Waals surface area contributed by atoms with Crippen molar-refractivity contribution in [1.29, 1.82) is 0 Å². The molecule has 0 aliphatic carbocycles. The van der Waals surface area contributed by atoms with Crippen molar-refractivity contribution >= 4 is 21.6 Å². The number of anilines is 1. The molecule has 29 heavy (non-hydrogen) atoms. The number of hydrogen-bond donors (Lipinski definition) is 2. The Morgan fingerprint density at radius 1 is 1.17 bits per heavy atom. The fraction of sp³-hybridized carbons (Fsp3) is 0.421. The molecule has 0 spiro atoms.